The van der Waals surface area contributed by atoms with Crippen molar-refractivity contribution in [1.29, 1.82) is 0 Å². The normalized spacial score (nSPS) is 23.1. The molecule has 1 aromatic carbocycles. The molecule has 2 heterocycles. The molecule has 2 N–H and O–H groups in total. The molecule has 0 saturated carbocycles. The van der Waals surface area contributed by atoms with Gasteiger partial charge in [-0.25, -0.2) is 0 Å². The van der Waals surface area contributed by atoms with Crippen LogP contribution < -0.4 is 15.5 Å². The maximum absolute atomic E-state index is 5.33. The lowest BCUT2D eigenvalue weighted by Gasteiger charge is -2.37. The zero-order valence-corrected chi connectivity index (χ0v) is 15.8. The second kappa shape index (κ2) is 8.09. The van der Waals surface area contributed by atoms with Gasteiger partial charge in [0.05, 0.1) is 19.8 Å². The summed E-state index contributed by atoms with van der Waals surface area (Å²) in [6.45, 7) is 12.0. The molecule has 2 aliphatic rings. The minimum Gasteiger partial charge on any atom is -0.380 e. The van der Waals surface area contributed by atoms with E-state index in [0.717, 1.165) is 45.4 Å². The van der Waals surface area contributed by atoms with Crippen molar-refractivity contribution < 1.29 is 4.74 Å². The smallest absolute Gasteiger partial charge is 0.191 e. The zero-order chi connectivity index (χ0) is 17.7. The van der Waals surface area contributed by atoms with E-state index in [9.17, 15) is 0 Å². The fraction of sp³-hybridized carbons (Fsp3) is 0.650. The summed E-state index contributed by atoms with van der Waals surface area (Å²) in [4.78, 5) is 7.28. The van der Waals surface area contributed by atoms with Crippen molar-refractivity contribution in [3.8, 4) is 0 Å². The van der Waals surface area contributed by atoms with Crippen LogP contribution in [0.5, 0.6) is 0 Å². The molecule has 0 spiro atoms. The molecule has 0 radical (unpaired) electrons. The van der Waals surface area contributed by atoms with Gasteiger partial charge in [-0.1, -0.05) is 24.6 Å². The molecule has 138 valence electrons. The van der Waals surface area contributed by atoms with Crippen LogP contribution in [0.25, 0.3) is 0 Å². The predicted molar refractivity (Wildman–Crippen MR) is 104 cm³/mol. The number of nitrogens with zero attached hydrogens (tertiary/aromatic N) is 2. The van der Waals surface area contributed by atoms with Gasteiger partial charge in [-0.2, -0.15) is 0 Å². The van der Waals surface area contributed by atoms with Crippen LogP contribution in [-0.4, -0.2) is 51.4 Å². The third-order valence-electron chi connectivity index (χ3n) is 5.03. The number of guanidine groups is 1. The number of ether oxygens (including phenoxy) is 1. The summed E-state index contributed by atoms with van der Waals surface area (Å²) < 4.78 is 5.33. The summed E-state index contributed by atoms with van der Waals surface area (Å²) in [7, 11) is 0. The Kier molecular flexibility index (Phi) is 5.84. The minimum absolute atomic E-state index is 0.211. The van der Waals surface area contributed by atoms with Crippen molar-refractivity contribution >= 4 is 11.6 Å². The molecule has 0 aromatic heterocycles. The minimum atomic E-state index is 0.211. The SMILES string of the molecule is CCNC(=NCC1(C)COC1)NC1CCCN(c2ccc(C)cc2)C1. The molecule has 1 aromatic rings. The van der Waals surface area contributed by atoms with Gasteiger partial charge in [0.1, 0.15) is 0 Å². The van der Waals surface area contributed by atoms with E-state index >= 15 is 0 Å². The molecule has 0 aliphatic carbocycles. The number of hydrogen-bond donors (Lipinski definition) is 2. The number of hydrogen-bond acceptors (Lipinski definition) is 3. The number of anilines is 1. The number of aliphatic imine (C=N–C) groups is 1. The number of aryl methyl sites for hydroxylation is 1. The average molecular weight is 345 g/mol. The maximum Gasteiger partial charge on any atom is 0.191 e. The monoisotopic (exact) mass is 344 g/mol. The quantitative estimate of drug-likeness (QED) is 0.637. The van der Waals surface area contributed by atoms with Crippen molar-refractivity contribution in [1.82, 2.24) is 10.6 Å². The van der Waals surface area contributed by atoms with Crippen LogP contribution in [0.2, 0.25) is 0 Å². The molecular formula is C20H32N4O. The summed E-state index contributed by atoms with van der Waals surface area (Å²) in [6, 6.07) is 9.28. The Bertz CT molecular complexity index is 580. The number of benzene rings is 1. The fourth-order valence-electron chi connectivity index (χ4n) is 3.41. The highest BCUT2D eigenvalue weighted by molar-refractivity contribution is 5.80. The van der Waals surface area contributed by atoms with E-state index in [0.29, 0.717) is 6.04 Å². The van der Waals surface area contributed by atoms with Gasteiger partial charge in [-0.3, -0.25) is 4.99 Å². The Balaban J connectivity index is 1.59. The molecule has 5 heteroatoms. The van der Waals surface area contributed by atoms with Gasteiger partial charge < -0.3 is 20.3 Å². The summed E-state index contributed by atoms with van der Waals surface area (Å²) in [6.07, 6.45) is 2.39. The van der Waals surface area contributed by atoms with E-state index < -0.39 is 0 Å². The summed E-state index contributed by atoms with van der Waals surface area (Å²) in [5.74, 6) is 0.936. The standard InChI is InChI=1S/C20H32N4O/c1-4-21-19(22-13-20(3)14-25-15-20)23-17-6-5-11-24(12-17)18-9-7-16(2)8-10-18/h7-10,17H,4-6,11-15H2,1-3H3,(H2,21,22,23). The Morgan fingerprint density at radius 2 is 2.08 bits per heavy atom. The molecule has 25 heavy (non-hydrogen) atoms. The van der Waals surface area contributed by atoms with Crippen LogP contribution in [0.4, 0.5) is 5.69 Å². The first-order chi connectivity index (χ1) is 12.1. The number of piperidine rings is 1. The largest absolute Gasteiger partial charge is 0.380 e. The first-order valence-electron chi connectivity index (χ1n) is 9.52. The molecule has 0 bridgehead atoms. The Labute approximate surface area is 151 Å². The molecule has 2 fully saturated rings. The third-order valence-corrected chi connectivity index (χ3v) is 5.03. The van der Waals surface area contributed by atoms with Gasteiger partial charge in [-0.15, -0.1) is 0 Å². The van der Waals surface area contributed by atoms with Crippen molar-refractivity contribution in [2.75, 3.05) is 44.3 Å². The third kappa shape index (κ3) is 4.88. The number of rotatable bonds is 5. The lowest BCUT2D eigenvalue weighted by molar-refractivity contribution is -0.0945. The molecule has 1 unspecified atom stereocenters. The zero-order valence-electron chi connectivity index (χ0n) is 15.8. The highest BCUT2D eigenvalue weighted by atomic mass is 16.5. The van der Waals surface area contributed by atoms with Crippen molar-refractivity contribution in [2.45, 2.75) is 39.7 Å². The fourth-order valence-corrected chi connectivity index (χ4v) is 3.41. The molecular weight excluding hydrogens is 312 g/mol. The lowest BCUT2D eigenvalue weighted by Crippen LogP contribution is -2.52. The average Bonchev–Trinajstić information content (AvgIpc) is 2.59. The van der Waals surface area contributed by atoms with Crippen LogP contribution in [-0.2, 0) is 4.74 Å². The van der Waals surface area contributed by atoms with Crippen LogP contribution in [0.3, 0.4) is 0 Å². The highest BCUT2D eigenvalue weighted by Gasteiger charge is 2.33. The van der Waals surface area contributed by atoms with E-state index in [1.807, 2.05) is 0 Å². The van der Waals surface area contributed by atoms with Crippen molar-refractivity contribution in [2.24, 2.45) is 10.4 Å². The summed E-state index contributed by atoms with van der Waals surface area (Å²) in [5.41, 5.74) is 2.84. The van der Waals surface area contributed by atoms with E-state index in [4.69, 9.17) is 9.73 Å². The van der Waals surface area contributed by atoms with Crippen LogP contribution >= 0.6 is 0 Å². The second-order valence-corrected chi connectivity index (χ2v) is 7.76. The van der Waals surface area contributed by atoms with Gasteiger partial charge in [0.25, 0.3) is 0 Å². The van der Waals surface area contributed by atoms with Gasteiger partial charge >= 0.3 is 0 Å². The van der Waals surface area contributed by atoms with E-state index in [-0.39, 0.29) is 5.41 Å². The highest BCUT2D eigenvalue weighted by Crippen LogP contribution is 2.26. The molecule has 2 saturated heterocycles. The first-order valence-corrected chi connectivity index (χ1v) is 9.52. The Hall–Kier alpha value is -1.75. The van der Waals surface area contributed by atoms with Gasteiger partial charge in [-0.05, 0) is 38.8 Å². The van der Waals surface area contributed by atoms with Gasteiger partial charge in [0.15, 0.2) is 5.96 Å². The first kappa shape index (κ1) is 18.1. The summed E-state index contributed by atoms with van der Waals surface area (Å²) in [5, 5.41) is 7.04. The Morgan fingerprint density at radius 3 is 2.72 bits per heavy atom. The van der Waals surface area contributed by atoms with Gasteiger partial charge in [0.2, 0.25) is 0 Å². The van der Waals surface area contributed by atoms with Crippen LogP contribution in [0.15, 0.2) is 29.3 Å². The van der Waals surface area contributed by atoms with Crippen molar-refractivity contribution in [3.63, 3.8) is 0 Å². The van der Waals surface area contributed by atoms with E-state index in [1.54, 1.807) is 0 Å². The number of nitrogens with one attached hydrogen (secondary N) is 2. The van der Waals surface area contributed by atoms with E-state index in [1.165, 1.54) is 24.1 Å². The molecule has 1 atom stereocenters. The predicted octanol–water partition coefficient (Wildman–Crippen LogP) is 2.56. The van der Waals surface area contributed by atoms with Gasteiger partial charge in [0, 0.05) is 36.8 Å². The molecule has 2 aliphatic heterocycles. The molecule has 5 nitrogen and oxygen atoms in total. The lowest BCUT2D eigenvalue weighted by atomic mass is 9.89. The second-order valence-electron chi connectivity index (χ2n) is 7.76. The van der Waals surface area contributed by atoms with Crippen LogP contribution in [0.1, 0.15) is 32.3 Å². The topological polar surface area (TPSA) is 48.9 Å². The van der Waals surface area contributed by atoms with E-state index in [2.05, 4.69) is 60.6 Å². The molecule has 3 rings (SSSR count). The molecule has 0 amide bonds. The Morgan fingerprint density at radius 1 is 1.32 bits per heavy atom. The van der Waals surface area contributed by atoms with Crippen LogP contribution in [0, 0.1) is 12.3 Å². The van der Waals surface area contributed by atoms with Crippen molar-refractivity contribution in [3.05, 3.63) is 29.8 Å². The maximum atomic E-state index is 5.33. The summed E-state index contributed by atoms with van der Waals surface area (Å²) >= 11 is 0.